The molecule has 2 aromatic heterocycles. The van der Waals surface area contributed by atoms with Gasteiger partial charge >= 0.3 is 5.97 Å². The van der Waals surface area contributed by atoms with E-state index in [4.69, 9.17) is 4.42 Å². The van der Waals surface area contributed by atoms with E-state index in [-0.39, 0.29) is 10.1 Å². The quantitative estimate of drug-likeness (QED) is 0.334. The number of rotatable bonds is 7. The first-order chi connectivity index (χ1) is 15.1. The van der Waals surface area contributed by atoms with Crippen molar-refractivity contribution >= 4 is 34.7 Å². The third-order valence-corrected chi connectivity index (χ3v) is 5.60. The van der Waals surface area contributed by atoms with Crippen molar-refractivity contribution in [3.63, 3.8) is 0 Å². The second-order valence-electron chi connectivity index (χ2n) is 6.73. The first-order valence-corrected chi connectivity index (χ1v) is 10.4. The second kappa shape index (κ2) is 8.90. The monoisotopic (exact) mass is 430 g/mol. The Kier molecular flexibility index (Phi) is 5.87. The molecule has 4 rings (SSSR count). The highest BCUT2D eigenvalue weighted by Crippen LogP contribution is 2.31. The van der Waals surface area contributed by atoms with E-state index >= 15 is 0 Å². The summed E-state index contributed by atoms with van der Waals surface area (Å²) in [6, 6.07) is 17.4. The molecule has 7 nitrogen and oxygen atoms in total. The Labute approximate surface area is 182 Å². The molecule has 0 radical (unpaired) electrons. The van der Waals surface area contributed by atoms with Gasteiger partial charge in [0.2, 0.25) is 5.89 Å². The lowest BCUT2D eigenvalue weighted by atomic mass is 10.1. The zero-order valence-corrected chi connectivity index (χ0v) is 17.5. The van der Waals surface area contributed by atoms with Gasteiger partial charge in [0.1, 0.15) is 4.91 Å². The van der Waals surface area contributed by atoms with E-state index in [1.165, 1.54) is 0 Å². The largest absolute Gasteiger partial charge is 0.477 e. The number of nitriles is 1. The molecule has 0 unspecified atom stereocenters. The maximum absolute atomic E-state index is 11.9. The number of thioether (sulfide) groups is 1. The van der Waals surface area contributed by atoms with Crippen LogP contribution in [0.25, 0.3) is 17.0 Å². The van der Waals surface area contributed by atoms with E-state index < -0.39 is 5.97 Å². The number of para-hydroxylation sites is 1. The summed E-state index contributed by atoms with van der Waals surface area (Å²) < 4.78 is 7.47. The predicted molar refractivity (Wildman–Crippen MR) is 117 cm³/mol. The molecule has 0 bridgehead atoms. The van der Waals surface area contributed by atoms with E-state index in [1.54, 1.807) is 12.1 Å². The van der Waals surface area contributed by atoms with Crippen LogP contribution in [-0.2, 0) is 17.8 Å². The Balaban J connectivity index is 1.74. The van der Waals surface area contributed by atoms with Crippen molar-refractivity contribution in [3.8, 4) is 6.07 Å². The van der Waals surface area contributed by atoms with Crippen LogP contribution < -0.4 is 0 Å². The standard InChI is InChI=1S/C23H18N4O3S/c1-2-21-25-26-23(30-21)31-20(22(28)29)11-17-14-27(19-10-6-5-9-18(17)19)13-16-8-4-3-7-15(16)12-24/h3-11,14H,2,13H2,1H3,(H,28,29)/b20-11-. The maximum Gasteiger partial charge on any atom is 0.342 e. The van der Waals surface area contributed by atoms with Crippen LogP contribution in [0.2, 0.25) is 0 Å². The van der Waals surface area contributed by atoms with E-state index in [0.29, 0.717) is 24.4 Å². The summed E-state index contributed by atoms with van der Waals surface area (Å²) in [6.07, 6.45) is 4.09. The Morgan fingerprint density at radius 3 is 2.74 bits per heavy atom. The molecule has 8 heteroatoms. The molecule has 0 saturated heterocycles. The van der Waals surface area contributed by atoms with Crippen LogP contribution in [0.1, 0.15) is 29.5 Å². The lowest BCUT2D eigenvalue weighted by Gasteiger charge is -2.07. The van der Waals surface area contributed by atoms with Gasteiger partial charge in [-0.1, -0.05) is 43.3 Å². The third-order valence-electron chi connectivity index (χ3n) is 4.74. The second-order valence-corrected chi connectivity index (χ2v) is 7.72. The van der Waals surface area contributed by atoms with Gasteiger partial charge in [-0.05, 0) is 35.5 Å². The van der Waals surface area contributed by atoms with E-state index in [9.17, 15) is 15.2 Å². The molecule has 154 valence electrons. The minimum Gasteiger partial charge on any atom is -0.477 e. The molecule has 0 spiro atoms. The average Bonchev–Trinajstić information content (AvgIpc) is 3.38. The summed E-state index contributed by atoms with van der Waals surface area (Å²) in [5.41, 5.74) is 3.21. The Hall–Kier alpha value is -3.83. The first-order valence-electron chi connectivity index (χ1n) is 9.60. The highest BCUT2D eigenvalue weighted by Gasteiger charge is 2.17. The van der Waals surface area contributed by atoms with Crippen LogP contribution in [0, 0.1) is 11.3 Å². The number of carboxylic acids is 1. The number of benzene rings is 2. The highest BCUT2D eigenvalue weighted by atomic mass is 32.2. The number of hydrogen-bond acceptors (Lipinski definition) is 6. The van der Waals surface area contributed by atoms with Crippen molar-refractivity contribution in [2.24, 2.45) is 0 Å². The number of aryl methyl sites for hydroxylation is 1. The number of nitrogens with zero attached hydrogens (tertiary/aromatic N) is 4. The lowest BCUT2D eigenvalue weighted by molar-refractivity contribution is -0.131. The Bertz CT molecular complexity index is 1330. The molecule has 0 saturated carbocycles. The van der Waals surface area contributed by atoms with Crippen LogP contribution >= 0.6 is 11.8 Å². The zero-order chi connectivity index (χ0) is 21.8. The van der Waals surface area contributed by atoms with Crippen molar-refractivity contribution in [2.75, 3.05) is 0 Å². The highest BCUT2D eigenvalue weighted by molar-refractivity contribution is 8.03. The van der Waals surface area contributed by atoms with Gasteiger partial charge in [0.15, 0.2) is 0 Å². The summed E-state index contributed by atoms with van der Waals surface area (Å²) in [5.74, 6) is -0.618. The van der Waals surface area contributed by atoms with Crippen molar-refractivity contribution in [3.05, 3.63) is 82.2 Å². The van der Waals surface area contributed by atoms with Gasteiger partial charge in [-0.15, -0.1) is 10.2 Å². The maximum atomic E-state index is 11.9. The fourth-order valence-corrected chi connectivity index (χ4v) is 3.95. The fraction of sp³-hybridized carbons (Fsp3) is 0.130. The van der Waals surface area contributed by atoms with Gasteiger partial charge in [-0.2, -0.15) is 5.26 Å². The SMILES string of the molecule is CCc1nnc(S/C(=C\c2cn(Cc3ccccc3C#N)c3ccccc23)C(=O)O)o1. The summed E-state index contributed by atoms with van der Waals surface area (Å²) in [4.78, 5) is 12.0. The number of fused-ring (bicyclic) bond motifs is 1. The van der Waals surface area contributed by atoms with Gasteiger partial charge in [0, 0.05) is 35.6 Å². The average molecular weight is 430 g/mol. The predicted octanol–water partition coefficient (Wildman–Crippen LogP) is 4.72. The van der Waals surface area contributed by atoms with Crippen LogP contribution in [0.4, 0.5) is 0 Å². The number of aliphatic carboxylic acids is 1. The molecule has 2 heterocycles. The Morgan fingerprint density at radius 1 is 1.23 bits per heavy atom. The lowest BCUT2D eigenvalue weighted by Crippen LogP contribution is -2.00. The van der Waals surface area contributed by atoms with E-state index in [0.717, 1.165) is 33.8 Å². The molecular weight excluding hydrogens is 412 g/mol. The molecule has 4 aromatic rings. The molecule has 0 aliphatic carbocycles. The van der Waals surface area contributed by atoms with Gasteiger partial charge in [0.25, 0.3) is 5.22 Å². The number of carboxylic acid groups (broad SMARTS) is 1. The fourth-order valence-electron chi connectivity index (χ4n) is 3.26. The molecule has 0 amide bonds. The van der Waals surface area contributed by atoms with Gasteiger partial charge in [0.05, 0.1) is 11.6 Å². The zero-order valence-electron chi connectivity index (χ0n) is 16.6. The van der Waals surface area contributed by atoms with Crippen LogP contribution in [0.3, 0.4) is 0 Å². The number of hydrogen-bond donors (Lipinski definition) is 1. The van der Waals surface area contributed by atoms with Crippen molar-refractivity contribution in [2.45, 2.75) is 25.1 Å². The van der Waals surface area contributed by atoms with Gasteiger partial charge in [-0.25, -0.2) is 4.79 Å². The van der Waals surface area contributed by atoms with Crippen LogP contribution in [0.5, 0.6) is 0 Å². The topological polar surface area (TPSA) is 105 Å². The van der Waals surface area contributed by atoms with Crippen LogP contribution in [0.15, 0.2) is 69.3 Å². The minimum atomic E-state index is -1.08. The molecule has 2 aromatic carbocycles. The molecule has 0 aliphatic heterocycles. The molecule has 1 N–H and O–H groups in total. The summed E-state index contributed by atoms with van der Waals surface area (Å²) in [7, 11) is 0. The Morgan fingerprint density at radius 2 is 2.00 bits per heavy atom. The molecule has 0 fully saturated rings. The van der Waals surface area contributed by atoms with Gasteiger partial charge in [-0.3, -0.25) is 0 Å². The molecule has 0 aliphatic rings. The van der Waals surface area contributed by atoms with Gasteiger partial charge < -0.3 is 14.1 Å². The van der Waals surface area contributed by atoms with Crippen molar-refractivity contribution in [1.82, 2.24) is 14.8 Å². The smallest absolute Gasteiger partial charge is 0.342 e. The minimum absolute atomic E-state index is 0.0756. The van der Waals surface area contributed by atoms with Crippen molar-refractivity contribution < 1.29 is 14.3 Å². The van der Waals surface area contributed by atoms with Crippen molar-refractivity contribution in [1.29, 1.82) is 5.26 Å². The molecule has 31 heavy (non-hydrogen) atoms. The number of aromatic nitrogens is 3. The van der Waals surface area contributed by atoms with Crippen LogP contribution in [-0.4, -0.2) is 25.8 Å². The summed E-state index contributed by atoms with van der Waals surface area (Å²) >= 11 is 0.925. The first kappa shape index (κ1) is 20.4. The molecular formula is C23H18N4O3S. The van der Waals surface area contributed by atoms with E-state index in [1.807, 2.05) is 60.2 Å². The third kappa shape index (κ3) is 4.37. The summed E-state index contributed by atoms with van der Waals surface area (Å²) in [6.45, 7) is 2.38. The van der Waals surface area contributed by atoms with E-state index in [2.05, 4.69) is 16.3 Å². The molecule has 0 atom stereocenters. The normalized spacial score (nSPS) is 11.5. The summed E-state index contributed by atoms with van der Waals surface area (Å²) in [5, 5.41) is 28.0. The number of carbonyl (C=O) groups is 1.